The fraction of sp³-hybridized carbons (Fsp3) is 0.562. The Kier molecular flexibility index (Phi) is 5.73. The van der Waals surface area contributed by atoms with Crippen LogP contribution in [-0.4, -0.2) is 50.3 Å². The number of carbonyl (C=O) groups is 1. The molecule has 5 heteroatoms. The Labute approximate surface area is 126 Å². The minimum absolute atomic E-state index is 0.0116. The van der Waals surface area contributed by atoms with Gasteiger partial charge < -0.3 is 20.1 Å². The summed E-state index contributed by atoms with van der Waals surface area (Å²) < 4.78 is 10.8. The molecule has 0 bridgehead atoms. The molecule has 0 aromatic heterocycles. The molecule has 1 fully saturated rings. The molecular formula is C16H24N2O3. The van der Waals surface area contributed by atoms with Crippen molar-refractivity contribution < 1.29 is 14.3 Å². The van der Waals surface area contributed by atoms with Gasteiger partial charge in [0.05, 0.1) is 6.10 Å². The molecule has 0 saturated carbocycles. The van der Waals surface area contributed by atoms with Gasteiger partial charge in [0, 0.05) is 33.4 Å². The minimum atomic E-state index is -0.570. The van der Waals surface area contributed by atoms with Crippen LogP contribution in [-0.2, 0) is 14.3 Å². The monoisotopic (exact) mass is 292 g/mol. The molecule has 2 N–H and O–H groups in total. The van der Waals surface area contributed by atoms with Crippen LogP contribution in [0, 0.1) is 0 Å². The summed E-state index contributed by atoms with van der Waals surface area (Å²) in [6.07, 6.45) is 1.23. The lowest BCUT2D eigenvalue weighted by molar-refractivity contribution is -0.148. The first-order valence-corrected chi connectivity index (χ1v) is 7.32. The Morgan fingerprint density at radius 1 is 1.38 bits per heavy atom. The number of nitrogens with zero attached hydrogens (tertiary/aromatic N) is 1. The van der Waals surface area contributed by atoms with E-state index in [2.05, 4.69) is 0 Å². The summed E-state index contributed by atoms with van der Waals surface area (Å²) in [6.45, 7) is 1.10. The first kappa shape index (κ1) is 15.9. The molecule has 0 spiro atoms. The lowest BCUT2D eigenvalue weighted by Crippen LogP contribution is -2.52. The highest BCUT2D eigenvalue weighted by atomic mass is 16.5. The van der Waals surface area contributed by atoms with Crippen LogP contribution in [0.1, 0.15) is 24.5 Å². The first-order valence-electron chi connectivity index (χ1n) is 7.32. The molecule has 3 unspecified atom stereocenters. The highest BCUT2D eigenvalue weighted by molar-refractivity contribution is 5.82. The maximum Gasteiger partial charge on any atom is 0.256 e. The molecule has 1 aliphatic heterocycles. The second kappa shape index (κ2) is 7.54. The number of hydrogen-bond donors (Lipinski definition) is 1. The molecule has 1 heterocycles. The number of ether oxygens (including phenoxy) is 2. The molecule has 2 rings (SSSR count). The van der Waals surface area contributed by atoms with Crippen molar-refractivity contribution in [1.29, 1.82) is 0 Å². The second-order valence-corrected chi connectivity index (χ2v) is 5.33. The predicted octanol–water partition coefficient (Wildman–Crippen LogP) is 1.34. The first-order chi connectivity index (χ1) is 10.2. The van der Waals surface area contributed by atoms with Gasteiger partial charge in [0.15, 0.2) is 6.10 Å². The van der Waals surface area contributed by atoms with Gasteiger partial charge in [0.1, 0.15) is 0 Å². The Balaban J connectivity index is 2.13. The summed E-state index contributed by atoms with van der Waals surface area (Å²) >= 11 is 0. The van der Waals surface area contributed by atoms with Gasteiger partial charge in [-0.2, -0.15) is 0 Å². The third-order valence-electron chi connectivity index (χ3n) is 4.12. The van der Waals surface area contributed by atoms with Crippen molar-refractivity contribution in [1.82, 2.24) is 4.90 Å². The maximum atomic E-state index is 12.8. The van der Waals surface area contributed by atoms with E-state index < -0.39 is 6.10 Å². The number of methoxy groups -OCH3 is 2. The zero-order chi connectivity index (χ0) is 15.2. The van der Waals surface area contributed by atoms with E-state index in [1.54, 1.807) is 14.2 Å². The van der Waals surface area contributed by atoms with E-state index >= 15 is 0 Å². The van der Waals surface area contributed by atoms with Gasteiger partial charge in [0.25, 0.3) is 5.91 Å². The van der Waals surface area contributed by atoms with Gasteiger partial charge in [-0.1, -0.05) is 30.3 Å². The number of rotatable bonds is 5. The molecule has 1 amide bonds. The standard InChI is InChI=1S/C16H24N2O3/c1-20-14-8-9-18(13(10-14)11-17)16(19)15(21-2)12-6-4-3-5-7-12/h3-7,13-15H,8-11,17H2,1-2H3. The summed E-state index contributed by atoms with van der Waals surface area (Å²) in [5.74, 6) is -0.0197. The van der Waals surface area contributed by atoms with Crippen molar-refractivity contribution in [2.45, 2.75) is 31.1 Å². The average Bonchev–Trinajstić information content (AvgIpc) is 2.55. The molecule has 116 valence electrons. The Morgan fingerprint density at radius 3 is 2.67 bits per heavy atom. The van der Waals surface area contributed by atoms with Crippen molar-refractivity contribution in [3.8, 4) is 0 Å². The maximum absolute atomic E-state index is 12.8. The molecule has 3 atom stereocenters. The number of nitrogens with two attached hydrogens (primary N) is 1. The highest BCUT2D eigenvalue weighted by Crippen LogP contribution is 2.25. The number of carbonyl (C=O) groups excluding carboxylic acids is 1. The van der Waals surface area contributed by atoms with Gasteiger partial charge in [-0.25, -0.2) is 0 Å². The normalized spacial score (nSPS) is 23.9. The van der Waals surface area contributed by atoms with Crippen LogP contribution in [0.15, 0.2) is 30.3 Å². The summed E-state index contributed by atoms with van der Waals surface area (Å²) in [6, 6.07) is 9.57. The molecule has 0 radical (unpaired) electrons. The van der Waals surface area contributed by atoms with E-state index in [4.69, 9.17) is 15.2 Å². The quantitative estimate of drug-likeness (QED) is 0.889. The fourth-order valence-electron chi connectivity index (χ4n) is 2.90. The number of piperidine rings is 1. The van der Waals surface area contributed by atoms with Gasteiger partial charge in [-0.3, -0.25) is 4.79 Å². The predicted molar refractivity (Wildman–Crippen MR) is 80.8 cm³/mol. The number of hydrogen-bond acceptors (Lipinski definition) is 4. The van der Waals surface area contributed by atoms with Crippen molar-refractivity contribution in [2.24, 2.45) is 5.73 Å². The Hall–Kier alpha value is -1.43. The number of benzene rings is 1. The third kappa shape index (κ3) is 3.61. The van der Waals surface area contributed by atoms with Gasteiger partial charge >= 0.3 is 0 Å². The van der Waals surface area contributed by atoms with E-state index in [9.17, 15) is 4.79 Å². The van der Waals surface area contributed by atoms with Gasteiger partial charge in [-0.05, 0) is 18.4 Å². The molecule has 1 saturated heterocycles. The number of likely N-dealkylation sites (tertiary alicyclic amines) is 1. The van der Waals surface area contributed by atoms with Crippen LogP contribution in [0.5, 0.6) is 0 Å². The van der Waals surface area contributed by atoms with Crippen molar-refractivity contribution in [3.05, 3.63) is 35.9 Å². The second-order valence-electron chi connectivity index (χ2n) is 5.33. The molecular weight excluding hydrogens is 268 g/mol. The average molecular weight is 292 g/mol. The van der Waals surface area contributed by atoms with E-state index in [-0.39, 0.29) is 18.1 Å². The molecule has 5 nitrogen and oxygen atoms in total. The van der Waals surface area contributed by atoms with Crippen LogP contribution in [0.4, 0.5) is 0 Å². The number of amides is 1. The van der Waals surface area contributed by atoms with E-state index in [1.807, 2.05) is 35.2 Å². The fourth-order valence-corrected chi connectivity index (χ4v) is 2.90. The van der Waals surface area contributed by atoms with Crippen LogP contribution < -0.4 is 5.73 Å². The zero-order valence-electron chi connectivity index (χ0n) is 12.7. The van der Waals surface area contributed by atoms with Crippen LogP contribution in [0.25, 0.3) is 0 Å². The smallest absolute Gasteiger partial charge is 0.256 e. The lowest BCUT2D eigenvalue weighted by Gasteiger charge is -2.39. The highest BCUT2D eigenvalue weighted by Gasteiger charge is 2.34. The summed E-state index contributed by atoms with van der Waals surface area (Å²) in [4.78, 5) is 14.6. The largest absolute Gasteiger partial charge is 0.381 e. The molecule has 21 heavy (non-hydrogen) atoms. The lowest BCUT2D eigenvalue weighted by atomic mass is 9.97. The van der Waals surface area contributed by atoms with Crippen molar-refractivity contribution >= 4 is 5.91 Å². The summed E-state index contributed by atoms with van der Waals surface area (Å²) in [7, 11) is 3.27. The van der Waals surface area contributed by atoms with E-state index in [0.717, 1.165) is 18.4 Å². The Morgan fingerprint density at radius 2 is 2.10 bits per heavy atom. The summed E-state index contributed by atoms with van der Waals surface area (Å²) in [5.41, 5.74) is 6.71. The molecule has 1 aromatic carbocycles. The van der Waals surface area contributed by atoms with Crippen LogP contribution in [0.3, 0.4) is 0 Å². The summed E-state index contributed by atoms with van der Waals surface area (Å²) in [5, 5.41) is 0. The van der Waals surface area contributed by atoms with E-state index in [0.29, 0.717) is 13.1 Å². The van der Waals surface area contributed by atoms with Gasteiger partial charge in [0.2, 0.25) is 0 Å². The molecule has 1 aromatic rings. The Bertz CT molecular complexity index is 452. The van der Waals surface area contributed by atoms with Crippen molar-refractivity contribution in [3.63, 3.8) is 0 Å². The van der Waals surface area contributed by atoms with Gasteiger partial charge in [-0.15, -0.1) is 0 Å². The molecule has 1 aliphatic rings. The van der Waals surface area contributed by atoms with Crippen molar-refractivity contribution in [2.75, 3.05) is 27.3 Å². The van der Waals surface area contributed by atoms with E-state index in [1.165, 1.54) is 0 Å². The SMILES string of the molecule is COC1CCN(C(=O)C(OC)c2ccccc2)C(CN)C1. The molecule has 0 aliphatic carbocycles. The third-order valence-corrected chi connectivity index (χ3v) is 4.12. The van der Waals surface area contributed by atoms with Crippen LogP contribution in [0.2, 0.25) is 0 Å². The topological polar surface area (TPSA) is 64.8 Å². The minimum Gasteiger partial charge on any atom is -0.381 e. The zero-order valence-corrected chi connectivity index (χ0v) is 12.7. The van der Waals surface area contributed by atoms with Crippen LogP contribution >= 0.6 is 0 Å².